The fourth-order valence-electron chi connectivity index (χ4n) is 1.53. The van der Waals surface area contributed by atoms with Crippen LogP contribution in [0.5, 0.6) is 0 Å². The summed E-state index contributed by atoms with van der Waals surface area (Å²) in [5.74, 6) is -0.570. The molecule has 0 amide bonds. The number of rotatable bonds is 3. The Kier molecular flexibility index (Phi) is 3.40. The summed E-state index contributed by atoms with van der Waals surface area (Å²) in [6.45, 7) is 0. The molecule has 2 aromatic rings. The standard InChI is InChI=1S/C12H11FN2O2S/c1-14-18(16,17)11-4-2-9(3-5-11)10-6-7-15-12(13)8-10/h2-8,14H,1H3. The quantitative estimate of drug-likeness (QED) is 0.862. The smallest absolute Gasteiger partial charge is 0.228 e. The maximum absolute atomic E-state index is 13.0. The molecule has 0 unspecified atom stereocenters. The highest BCUT2D eigenvalue weighted by atomic mass is 32.2. The highest BCUT2D eigenvalue weighted by molar-refractivity contribution is 7.89. The number of nitrogens with one attached hydrogen (secondary N) is 1. The molecule has 2 rings (SSSR count). The molecule has 1 aromatic heterocycles. The number of sulfonamides is 1. The number of benzene rings is 1. The van der Waals surface area contributed by atoms with E-state index in [-0.39, 0.29) is 4.90 Å². The molecule has 0 radical (unpaired) electrons. The number of halogens is 1. The van der Waals surface area contributed by atoms with Crippen LogP contribution in [0.25, 0.3) is 11.1 Å². The molecule has 6 heteroatoms. The molecule has 0 saturated carbocycles. The second-order valence-electron chi connectivity index (χ2n) is 3.60. The SMILES string of the molecule is CNS(=O)(=O)c1ccc(-c2ccnc(F)c2)cc1. The molecular weight excluding hydrogens is 255 g/mol. The number of hydrogen-bond donors (Lipinski definition) is 1. The van der Waals surface area contributed by atoms with Crippen LogP contribution >= 0.6 is 0 Å². The summed E-state index contributed by atoms with van der Waals surface area (Å²) >= 11 is 0. The third-order valence-corrected chi connectivity index (χ3v) is 3.92. The predicted octanol–water partition coefficient (Wildman–Crippen LogP) is 1.80. The lowest BCUT2D eigenvalue weighted by atomic mass is 10.1. The summed E-state index contributed by atoms with van der Waals surface area (Å²) in [4.78, 5) is 3.63. The van der Waals surface area contributed by atoms with Crippen molar-refractivity contribution in [2.45, 2.75) is 4.90 Å². The van der Waals surface area contributed by atoms with Crippen LogP contribution in [0.15, 0.2) is 47.5 Å². The van der Waals surface area contributed by atoms with Gasteiger partial charge >= 0.3 is 0 Å². The minimum absolute atomic E-state index is 0.170. The largest absolute Gasteiger partial charge is 0.240 e. The van der Waals surface area contributed by atoms with Crippen LogP contribution in [-0.2, 0) is 10.0 Å². The molecule has 1 aromatic carbocycles. The fraction of sp³-hybridized carbons (Fsp3) is 0.0833. The molecule has 0 saturated heterocycles. The van der Waals surface area contributed by atoms with Crippen LogP contribution in [0, 0.1) is 5.95 Å². The van der Waals surface area contributed by atoms with Crippen molar-refractivity contribution in [2.24, 2.45) is 0 Å². The van der Waals surface area contributed by atoms with E-state index in [9.17, 15) is 12.8 Å². The predicted molar refractivity (Wildman–Crippen MR) is 65.9 cm³/mol. The zero-order valence-electron chi connectivity index (χ0n) is 9.59. The van der Waals surface area contributed by atoms with Gasteiger partial charge in [-0.25, -0.2) is 18.1 Å². The van der Waals surface area contributed by atoms with Gasteiger partial charge < -0.3 is 0 Å². The average molecular weight is 266 g/mol. The van der Waals surface area contributed by atoms with Gasteiger partial charge in [-0.15, -0.1) is 0 Å². The van der Waals surface area contributed by atoms with E-state index < -0.39 is 16.0 Å². The Morgan fingerprint density at radius 2 is 1.78 bits per heavy atom. The molecular formula is C12H11FN2O2S. The number of nitrogens with zero attached hydrogens (tertiary/aromatic N) is 1. The Bertz CT molecular complexity index is 654. The van der Waals surface area contributed by atoms with Gasteiger partial charge in [-0.3, -0.25) is 0 Å². The zero-order chi connectivity index (χ0) is 13.2. The molecule has 0 aliphatic heterocycles. The third-order valence-electron chi connectivity index (χ3n) is 2.49. The van der Waals surface area contributed by atoms with E-state index >= 15 is 0 Å². The Hall–Kier alpha value is -1.79. The van der Waals surface area contributed by atoms with Crippen LogP contribution in [-0.4, -0.2) is 20.4 Å². The van der Waals surface area contributed by atoms with Crippen molar-refractivity contribution in [3.05, 3.63) is 48.5 Å². The van der Waals surface area contributed by atoms with Crippen molar-refractivity contribution >= 4 is 10.0 Å². The van der Waals surface area contributed by atoms with Gasteiger partial charge in [-0.05, 0) is 36.4 Å². The lowest BCUT2D eigenvalue weighted by molar-refractivity contribution is 0.584. The van der Waals surface area contributed by atoms with E-state index in [0.29, 0.717) is 5.56 Å². The third kappa shape index (κ3) is 2.55. The molecule has 94 valence electrons. The van der Waals surface area contributed by atoms with E-state index in [1.165, 1.54) is 31.4 Å². The van der Waals surface area contributed by atoms with Gasteiger partial charge in [0.15, 0.2) is 0 Å². The molecule has 0 spiro atoms. The van der Waals surface area contributed by atoms with Gasteiger partial charge in [0, 0.05) is 12.3 Å². The van der Waals surface area contributed by atoms with Gasteiger partial charge in [-0.2, -0.15) is 4.39 Å². The topological polar surface area (TPSA) is 59.1 Å². The first-order valence-corrected chi connectivity index (χ1v) is 6.67. The highest BCUT2D eigenvalue weighted by Gasteiger charge is 2.10. The van der Waals surface area contributed by atoms with E-state index in [1.54, 1.807) is 18.2 Å². The molecule has 18 heavy (non-hydrogen) atoms. The number of hydrogen-bond acceptors (Lipinski definition) is 3. The van der Waals surface area contributed by atoms with Crippen LogP contribution in [0.3, 0.4) is 0 Å². The summed E-state index contributed by atoms with van der Waals surface area (Å²) in [6, 6.07) is 9.14. The Morgan fingerprint density at radius 1 is 1.11 bits per heavy atom. The van der Waals surface area contributed by atoms with Crippen LogP contribution in [0.1, 0.15) is 0 Å². The Labute approximate surface area is 105 Å². The molecule has 0 fully saturated rings. The van der Waals surface area contributed by atoms with Gasteiger partial charge in [0.2, 0.25) is 16.0 Å². The number of aromatic nitrogens is 1. The van der Waals surface area contributed by atoms with Gasteiger partial charge in [-0.1, -0.05) is 12.1 Å². The van der Waals surface area contributed by atoms with Gasteiger partial charge in [0.25, 0.3) is 0 Å². The molecule has 1 N–H and O–H groups in total. The van der Waals surface area contributed by atoms with Gasteiger partial charge in [0.1, 0.15) is 0 Å². The molecule has 0 atom stereocenters. The summed E-state index contributed by atoms with van der Waals surface area (Å²) in [6.07, 6.45) is 1.36. The van der Waals surface area contributed by atoms with Crippen LogP contribution < -0.4 is 4.72 Å². The zero-order valence-corrected chi connectivity index (χ0v) is 10.4. The van der Waals surface area contributed by atoms with Crippen molar-refractivity contribution in [3.8, 4) is 11.1 Å². The van der Waals surface area contributed by atoms with E-state index in [4.69, 9.17) is 0 Å². The number of pyridine rings is 1. The molecule has 0 bridgehead atoms. The summed E-state index contributed by atoms with van der Waals surface area (Å²) in [5.41, 5.74) is 1.38. The van der Waals surface area contributed by atoms with Crippen molar-refractivity contribution in [1.29, 1.82) is 0 Å². The summed E-state index contributed by atoms with van der Waals surface area (Å²) < 4.78 is 38.2. The van der Waals surface area contributed by atoms with Crippen LogP contribution in [0.4, 0.5) is 4.39 Å². The Balaban J connectivity index is 2.40. The minimum Gasteiger partial charge on any atom is -0.228 e. The normalized spacial score (nSPS) is 11.4. The molecule has 0 aliphatic carbocycles. The first-order chi connectivity index (χ1) is 8.53. The second-order valence-corrected chi connectivity index (χ2v) is 5.49. The van der Waals surface area contributed by atoms with Crippen molar-refractivity contribution < 1.29 is 12.8 Å². The second kappa shape index (κ2) is 4.83. The van der Waals surface area contributed by atoms with E-state index in [1.807, 2.05) is 0 Å². The Morgan fingerprint density at radius 3 is 2.33 bits per heavy atom. The van der Waals surface area contributed by atoms with E-state index in [2.05, 4.69) is 9.71 Å². The molecule has 1 heterocycles. The maximum atomic E-state index is 13.0. The van der Waals surface area contributed by atoms with Crippen molar-refractivity contribution in [3.63, 3.8) is 0 Å². The monoisotopic (exact) mass is 266 g/mol. The lowest BCUT2D eigenvalue weighted by Crippen LogP contribution is -2.18. The van der Waals surface area contributed by atoms with Crippen molar-refractivity contribution in [2.75, 3.05) is 7.05 Å². The average Bonchev–Trinajstić information content (AvgIpc) is 2.39. The molecule has 0 aliphatic rings. The highest BCUT2D eigenvalue weighted by Crippen LogP contribution is 2.21. The maximum Gasteiger partial charge on any atom is 0.240 e. The van der Waals surface area contributed by atoms with E-state index in [0.717, 1.165) is 5.56 Å². The first kappa shape index (κ1) is 12.7. The summed E-state index contributed by atoms with van der Waals surface area (Å²) in [7, 11) is -2.09. The fourth-order valence-corrected chi connectivity index (χ4v) is 2.26. The summed E-state index contributed by atoms with van der Waals surface area (Å²) in [5, 5.41) is 0. The van der Waals surface area contributed by atoms with Gasteiger partial charge in [0.05, 0.1) is 4.90 Å². The minimum atomic E-state index is -3.44. The van der Waals surface area contributed by atoms with Crippen LogP contribution in [0.2, 0.25) is 0 Å². The van der Waals surface area contributed by atoms with Crippen molar-refractivity contribution in [1.82, 2.24) is 9.71 Å². The lowest BCUT2D eigenvalue weighted by Gasteiger charge is -2.04. The molecule has 4 nitrogen and oxygen atoms in total. The first-order valence-electron chi connectivity index (χ1n) is 5.18.